The van der Waals surface area contributed by atoms with Crippen LogP contribution in [-0.4, -0.2) is 0 Å². The molecular weight excluding hydrogens is 348 g/mol. The monoisotopic (exact) mass is 392 g/mol. The lowest BCUT2D eigenvalue weighted by Gasteiger charge is -2.20. The van der Waals surface area contributed by atoms with Gasteiger partial charge in [0.05, 0.1) is 0 Å². The quantitative estimate of drug-likeness (QED) is 0.396. The summed E-state index contributed by atoms with van der Waals surface area (Å²) in [5.41, 5.74) is 4.25. The number of hydrogen-bond donors (Lipinski definition) is 0. The van der Waals surface area contributed by atoms with Crippen molar-refractivity contribution in [3.8, 4) is 0 Å². The highest BCUT2D eigenvalue weighted by Gasteiger charge is 2.98. The van der Waals surface area contributed by atoms with Crippen molar-refractivity contribution in [3.05, 3.63) is 0 Å². The van der Waals surface area contributed by atoms with Crippen molar-refractivity contribution in [3.63, 3.8) is 0 Å². The highest BCUT2D eigenvalue weighted by Crippen LogP contribution is 3.05. The van der Waals surface area contributed by atoms with Crippen LogP contribution >= 0.6 is 0 Å². The number of fused-ring (bicyclic) bond motifs is 2. The van der Waals surface area contributed by atoms with E-state index in [0.29, 0.717) is 5.41 Å². The Morgan fingerprint density at radius 1 is 0.759 bits per heavy atom. The first-order valence-electron chi connectivity index (χ1n) is 13.9. The van der Waals surface area contributed by atoms with Crippen LogP contribution in [0.4, 0.5) is 0 Å². The molecule has 8 aliphatic rings. The molecular formula is C29H44. The Morgan fingerprint density at radius 2 is 1.41 bits per heavy atom. The van der Waals surface area contributed by atoms with Gasteiger partial charge in [-0.05, 0) is 151 Å². The van der Waals surface area contributed by atoms with Crippen LogP contribution in [0.5, 0.6) is 0 Å². The van der Waals surface area contributed by atoms with Crippen LogP contribution in [0, 0.1) is 74.4 Å². The van der Waals surface area contributed by atoms with Crippen molar-refractivity contribution in [1.82, 2.24) is 0 Å². The Labute approximate surface area is 179 Å². The molecule has 0 aromatic carbocycles. The lowest BCUT2D eigenvalue weighted by molar-refractivity contribution is 0.304. The van der Waals surface area contributed by atoms with Crippen molar-refractivity contribution < 1.29 is 0 Å². The van der Waals surface area contributed by atoms with Gasteiger partial charge in [0, 0.05) is 0 Å². The fourth-order valence-corrected chi connectivity index (χ4v) is 11.4. The van der Waals surface area contributed by atoms with E-state index in [9.17, 15) is 0 Å². The maximum absolute atomic E-state index is 2.63. The maximum atomic E-state index is 2.63. The molecule has 29 heavy (non-hydrogen) atoms. The first kappa shape index (κ1) is 17.5. The standard InChI is InChI=1S/C29H44/c1-5-26(6-2)14-25(26,4)8-7-18-12-27(18)15-29(27)16-28(29)13-24(28)23-11-22(23)21-10-20(21)19-9-17(19)3/h17-24H,5-16H2,1-4H3. The first-order chi connectivity index (χ1) is 13.9. The molecule has 0 radical (unpaired) electrons. The van der Waals surface area contributed by atoms with E-state index in [0.717, 1.165) is 33.5 Å². The van der Waals surface area contributed by atoms with E-state index in [1.807, 2.05) is 0 Å². The highest BCUT2D eigenvalue weighted by molar-refractivity contribution is 5.46. The van der Waals surface area contributed by atoms with Crippen molar-refractivity contribution in [2.75, 3.05) is 0 Å². The smallest absolute Gasteiger partial charge is 0.0167 e. The van der Waals surface area contributed by atoms with Gasteiger partial charge in [0.2, 0.25) is 0 Å². The topological polar surface area (TPSA) is 0 Å². The maximum Gasteiger partial charge on any atom is -0.0167 e. The van der Waals surface area contributed by atoms with Gasteiger partial charge in [-0.1, -0.05) is 27.7 Å². The van der Waals surface area contributed by atoms with Crippen LogP contribution in [0.3, 0.4) is 0 Å². The summed E-state index contributed by atoms with van der Waals surface area (Å²) in [6.45, 7) is 10.0. The van der Waals surface area contributed by atoms with Gasteiger partial charge in [-0.3, -0.25) is 0 Å². The molecule has 8 rings (SSSR count). The summed E-state index contributed by atoms with van der Waals surface area (Å²) >= 11 is 0. The predicted octanol–water partition coefficient (Wildman–Crippen LogP) is 7.72. The van der Waals surface area contributed by atoms with Gasteiger partial charge in [0.15, 0.2) is 0 Å². The first-order valence-corrected chi connectivity index (χ1v) is 13.9. The predicted molar refractivity (Wildman–Crippen MR) is 118 cm³/mol. The molecule has 0 aliphatic heterocycles. The van der Waals surface area contributed by atoms with Gasteiger partial charge in [-0.25, -0.2) is 0 Å². The minimum Gasteiger partial charge on any atom is -0.0648 e. The Hall–Kier alpha value is 0. The van der Waals surface area contributed by atoms with Gasteiger partial charge in [-0.15, -0.1) is 0 Å². The Balaban J connectivity index is 0.861. The zero-order chi connectivity index (χ0) is 19.6. The molecule has 12 atom stereocenters. The third kappa shape index (κ3) is 1.93. The van der Waals surface area contributed by atoms with Crippen molar-refractivity contribution in [2.45, 2.75) is 105 Å². The summed E-state index contributed by atoms with van der Waals surface area (Å²) in [4.78, 5) is 0. The minimum absolute atomic E-state index is 0.715. The number of rotatable bonds is 8. The zero-order valence-corrected chi connectivity index (χ0v) is 19.6. The van der Waals surface area contributed by atoms with E-state index in [2.05, 4.69) is 27.7 Å². The van der Waals surface area contributed by atoms with Gasteiger partial charge in [0.25, 0.3) is 0 Å². The van der Waals surface area contributed by atoms with E-state index in [1.165, 1.54) is 54.8 Å². The molecule has 0 heteroatoms. The van der Waals surface area contributed by atoms with E-state index in [-0.39, 0.29) is 0 Å². The van der Waals surface area contributed by atoms with Crippen LogP contribution < -0.4 is 0 Å². The molecule has 160 valence electrons. The molecule has 0 aromatic heterocycles. The van der Waals surface area contributed by atoms with E-state index in [4.69, 9.17) is 0 Å². The largest absolute Gasteiger partial charge is 0.0648 e. The summed E-state index contributed by atoms with van der Waals surface area (Å²) in [5.74, 6) is 9.49. The Kier molecular flexibility index (Phi) is 2.83. The molecule has 0 heterocycles. The lowest BCUT2D eigenvalue weighted by atomic mass is 9.85. The lowest BCUT2D eigenvalue weighted by Crippen LogP contribution is -2.10. The molecule has 8 saturated carbocycles. The summed E-state index contributed by atoms with van der Waals surface area (Å²) in [6.07, 6.45) is 19.1. The second-order valence-electron chi connectivity index (χ2n) is 14.7. The van der Waals surface area contributed by atoms with Gasteiger partial charge in [0.1, 0.15) is 0 Å². The van der Waals surface area contributed by atoms with Crippen LogP contribution in [0.25, 0.3) is 0 Å². The molecule has 8 aliphatic carbocycles. The number of hydrogen-bond acceptors (Lipinski definition) is 0. The normalized spacial score (nSPS) is 68.3. The Bertz CT molecular complexity index is 792. The van der Waals surface area contributed by atoms with Crippen molar-refractivity contribution >= 4 is 0 Å². The molecule has 0 bridgehead atoms. The summed E-state index contributed by atoms with van der Waals surface area (Å²) in [7, 11) is 0. The molecule has 0 N–H and O–H groups in total. The van der Waals surface area contributed by atoms with Crippen LogP contribution in [0.1, 0.15) is 105 Å². The molecule has 0 amide bonds. The third-order valence-corrected chi connectivity index (χ3v) is 14.1. The highest BCUT2D eigenvalue weighted by atomic mass is 15.0. The van der Waals surface area contributed by atoms with E-state index in [1.54, 1.807) is 57.8 Å². The third-order valence-electron chi connectivity index (χ3n) is 14.1. The fourth-order valence-electron chi connectivity index (χ4n) is 11.4. The molecule has 0 saturated heterocycles. The molecule has 3 spiro atoms. The van der Waals surface area contributed by atoms with Crippen LogP contribution in [0.2, 0.25) is 0 Å². The SMILES string of the molecule is CCC1(CC)CC1(C)CCC1CC12CC21CC12CC2C1CC1C1CC1C1CC1C. The second-order valence-corrected chi connectivity index (χ2v) is 14.7. The second kappa shape index (κ2) is 4.69. The van der Waals surface area contributed by atoms with E-state index >= 15 is 0 Å². The van der Waals surface area contributed by atoms with Gasteiger partial charge < -0.3 is 0 Å². The van der Waals surface area contributed by atoms with Crippen LogP contribution in [0.15, 0.2) is 0 Å². The zero-order valence-electron chi connectivity index (χ0n) is 19.6. The van der Waals surface area contributed by atoms with Gasteiger partial charge in [-0.2, -0.15) is 0 Å². The van der Waals surface area contributed by atoms with Crippen molar-refractivity contribution in [1.29, 1.82) is 0 Å². The molecule has 0 nitrogen and oxygen atoms in total. The molecule has 0 aromatic rings. The average Bonchev–Trinajstić information content (AvgIpc) is 3.47. The van der Waals surface area contributed by atoms with Crippen molar-refractivity contribution in [2.24, 2.45) is 74.4 Å². The Morgan fingerprint density at radius 3 is 2.10 bits per heavy atom. The average molecular weight is 393 g/mol. The minimum atomic E-state index is 0.715. The molecule has 12 unspecified atom stereocenters. The van der Waals surface area contributed by atoms with Gasteiger partial charge >= 0.3 is 0 Å². The summed E-state index contributed by atoms with van der Waals surface area (Å²) in [5, 5.41) is 0. The fraction of sp³-hybridized carbons (Fsp3) is 1.00. The molecule has 8 fully saturated rings. The van der Waals surface area contributed by atoms with E-state index < -0.39 is 0 Å². The summed E-state index contributed by atoms with van der Waals surface area (Å²) < 4.78 is 0. The van der Waals surface area contributed by atoms with Crippen LogP contribution in [-0.2, 0) is 0 Å². The summed E-state index contributed by atoms with van der Waals surface area (Å²) in [6, 6.07) is 0.